The number of nitrogens with zero attached hydrogens (tertiary/aromatic N) is 1. The van der Waals surface area contributed by atoms with Crippen molar-refractivity contribution < 1.29 is 14.5 Å². The number of hydrogen-bond acceptors (Lipinski definition) is 4. The quantitative estimate of drug-likeness (QED) is 0.327. The van der Waals surface area contributed by atoms with E-state index in [4.69, 9.17) is 4.74 Å². The smallest absolute Gasteiger partial charge is 0.280 e. The predicted octanol–water partition coefficient (Wildman–Crippen LogP) is 3.61. The zero-order chi connectivity index (χ0) is 14.4. The maximum Gasteiger partial charge on any atom is 0.280 e. The van der Waals surface area contributed by atoms with Crippen molar-refractivity contribution in [1.82, 2.24) is 0 Å². The molecule has 104 valence electrons. The fourth-order valence-electron chi connectivity index (χ4n) is 1.73. The fraction of sp³-hybridized carbons (Fsp3) is 0.500. The van der Waals surface area contributed by atoms with E-state index in [-0.39, 0.29) is 17.0 Å². The van der Waals surface area contributed by atoms with Gasteiger partial charge in [0.15, 0.2) is 5.78 Å². The Morgan fingerprint density at radius 2 is 2.11 bits per heavy atom. The first-order chi connectivity index (χ1) is 8.91. The summed E-state index contributed by atoms with van der Waals surface area (Å²) < 4.78 is 5.51. The summed E-state index contributed by atoms with van der Waals surface area (Å²) in [4.78, 5) is 21.6. The van der Waals surface area contributed by atoms with Gasteiger partial charge in [0.2, 0.25) is 0 Å². The highest BCUT2D eigenvalue weighted by Gasteiger charge is 2.17. The molecule has 0 radical (unpaired) electrons. The van der Waals surface area contributed by atoms with Crippen LogP contribution in [0.2, 0.25) is 0 Å². The van der Waals surface area contributed by atoms with E-state index in [0.717, 1.165) is 12.8 Å². The second-order valence-electron chi connectivity index (χ2n) is 4.88. The van der Waals surface area contributed by atoms with Crippen LogP contribution in [0.25, 0.3) is 0 Å². The zero-order valence-corrected chi connectivity index (χ0v) is 11.5. The van der Waals surface area contributed by atoms with E-state index >= 15 is 0 Å². The molecule has 0 heterocycles. The highest BCUT2D eigenvalue weighted by Crippen LogP contribution is 2.24. The first-order valence-electron chi connectivity index (χ1n) is 6.34. The molecule has 0 aromatic heterocycles. The van der Waals surface area contributed by atoms with Gasteiger partial charge in [-0.3, -0.25) is 14.9 Å². The summed E-state index contributed by atoms with van der Waals surface area (Å²) in [7, 11) is 0. The Balaban J connectivity index is 2.73. The van der Waals surface area contributed by atoms with Crippen molar-refractivity contribution in [1.29, 1.82) is 0 Å². The van der Waals surface area contributed by atoms with E-state index in [1.54, 1.807) is 0 Å². The molecule has 0 saturated carbocycles. The molecule has 0 amide bonds. The van der Waals surface area contributed by atoms with Crippen LogP contribution < -0.4 is 4.74 Å². The molecule has 0 N–H and O–H groups in total. The van der Waals surface area contributed by atoms with E-state index in [1.807, 2.05) is 0 Å². The normalized spacial score (nSPS) is 10.5. The Hall–Kier alpha value is -1.91. The monoisotopic (exact) mass is 265 g/mol. The first-order valence-corrected chi connectivity index (χ1v) is 6.34. The third-order valence-electron chi connectivity index (χ3n) is 2.74. The SMILES string of the molecule is CC(=O)c1cc(OCCCC(C)C)ccc1[N+](=O)[O-]. The van der Waals surface area contributed by atoms with Crippen molar-refractivity contribution in [3.8, 4) is 5.75 Å². The molecule has 0 unspecified atom stereocenters. The molecule has 0 spiro atoms. The number of ether oxygens (including phenoxy) is 1. The number of nitro benzene ring substituents is 1. The van der Waals surface area contributed by atoms with Gasteiger partial charge in [-0.1, -0.05) is 13.8 Å². The van der Waals surface area contributed by atoms with Gasteiger partial charge in [-0.15, -0.1) is 0 Å². The molecule has 0 aliphatic rings. The molecule has 19 heavy (non-hydrogen) atoms. The first kappa shape index (κ1) is 15.1. The molecule has 0 aliphatic carbocycles. The summed E-state index contributed by atoms with van der Waals surface area (Å²) in [5.74, 6) is 0.784. The van der Waals surface area contributed by atoms with Crippen molar-refractivity contribution in [2.75, 3.05) is 6.61 Å². The van der Waals surface area contributed by atoms with Crippen LogP contribution in [0.15, 0.2) is 18.2 Å². The average Bonchev–Trinajstić information content (AvgIpc) is 2.33. The van der Waals surface area contributed by atoms with Gasteiger partial charge < -0.3 is 4.74 Å². The molecule has 1 aromatic rings. The Bertz CT molecular complexity index is 469. The number of Topliss-reactive ketones (excluding diaryl/α,β-unsaturated/α-hetero) is 1. The van der Waals surface area contributed by atoms with Crippen LogP contribution in [0.3, 0.4) is 0 Å². The van der Waals surface area contributed by atoms with Crippen molar-refractivity contribution >= 4 is 11.5 Å². The maximum atomic E-state index is 11.4. The molecule has 0 saturated heterocycles. The van der Waals surface area contributed by atoms with Crippen LogP contribution >= 0.6 is 0 Å². The summed E-state index contributed by atoms with van der Waals surface area (Å²) >= 11 is 0. The third-order valence-corrected chi connectivity index (χ3v) is 2.74. The van der Waals surface area contributed by atoms with Gasteiger partial charge in [0.05, 0.1) is 17.1 Å². The minimum atomic E-state index is -0.556. The second kappa shape index (κ2) is 6.87. The highest BCUT2D eigenvalue weighted by atomic mass is 16.6. The Labute approximate surface area is 112 Å². The lowest BCUT2D eigenvalue weighted by atomic mass is 10.1. The summed E-state index contributed by atoms with van der Waals surface area (Å²) in [5.41, 5.74) is -0.0895. The van der Waals surface area contributed by atoms with Gasteiger partial charge in [0.25, 0.3) is 5.69 Å². The van der Waals surface area contributed by atoms with Crippen molar-refractivity contribution in [3.05, 3.63) is 33.9 Å². The van der Waals surface area contributed by atoms with Crippen LogP contribution in [0.5, 0.6) is 5.75 Å². The number of hydrogen-bond donors (Lipinski definition) is 0. The maximum absolute atomic E-state index is 11.4. The predicted molar refractivity (Wildman–Crippen MR) is 72.7 cm³/mol. The van der Waals surface area contributed by atoms with Crippen LogP contribution in [0.4, 0.5) is 5.69 Å². The minimum absolute atomic E-state index is 0.0892. The van der Waals surface area contributed by atoms with Gasteiger partial charge in [-0.25, -0.2) is 0 Å². The van der Waals surface area contributed by atoms with Gasteiger partial charge in [0.1, 0.15) is 5.75 Å². The largest absolute Gasteiger partial charge is 0.494 e. The van der Waals surface area contributed by atoms with Crippen LogP contribution in [0, 0.1) is 16.0 Å². The number of rotatable bonds is 7. The van der Waals surface area contributed by atoms with Crippen LogP contribution in [-0.4, -0.2) is 17.3 Å². The molecule has 1 aromatic carbocycles. The number of ketones is 1. The van der Waals surface area contributed by atoms with Gasteiger partial charge in [0, 0.05) is 6.07 Å². The van der Waals surface area contributed by atoms with Crippen molar-refractivity contribution in [2.24, 2.45) is 5.92 Å². The Morgan fingerprint density at radius 3 is 2.63 bits per heavy atom. The van der Waals surface area contributed by atoms with E-state index in [9.17, 15) is 14.9 Å². The van der Waals surface area contributed by atoms with Gasteiger partial charge in [-0.05, 0) is 37.8 Å². The second-order valence-corrected chi connectivity index (χ2v) is 4.88. The average molecular weight is 265 g/mol. The molecular weight excluding hydrogens is 246 g/mol. The summed E-state index contributed by atoms with van der Waals surface area (Å²) in [5, 5.41) is 10.8. The summed E-state index contributed by atoms with van der Waals surface area (Å²) in [6.07, 6.45) is 1.98. The number of benzene rings is 1. The van der Waals surface area contributed by atoms with Crippen molar-refractivity contribution in [2.45, 2.75) is 33.6 Å². The lowest BCUT2D eigenvalue weighted by Crippen LogP contribution is -2.03. The molecule has 0 bridgehead atoms. The third kappa shape index (κ3) is 4.69. The molecular formula is C14H19NO4. The topological polar surface area (TPSA) is 69.4 Å². The highest BCUT2D eigenvalue weighted by molar-refractivity contribution is 5.98. The molecule has 1 rings (SSSR count). The van der Waals surface area contributed by atoms with Gasteiger partial charge in [-0.2, -0.15) is 0 Å². The molecule has 5 nitrogen and oxygen atoms in total. The fourth-order valence-corrected chi connectivity index (χ4v) is 1.73. The van der Waals surface area contributed by atoms with Crippen LogP contribution in [0.1, 0.15) is 44.0 Å². The molecule has 0 aliphatic heterocycles. The number of nitro groups is 1. The van der Waals surface area contributed by atoms with Crippen molar-refractivity contribution in [3.63, 3.8) is 0 Å². The molecule has 0 atom stereocenters. The summed E-state index contributed by atoms with van der Waals surface area (Å²) in [6.45, 7) is 6.14. The lowest BCUT2D eigenvalue weighted by molar-refractivity contribution is -0.385. The summed E-state index contributed by atoms with van der Waals surface area (Å²) in [6, 6.07) is 4.28. The minimum Gasteiger partial charge on any atom is -0.494 e. The standard InChI is InChI=1S/C14H19NO4/c1-10(2)5-4-8-19-12-6-7-14(15(17)18)13(9-12)11(3)16/h6-7,9-10H,4-5,8H2,1-3H3. The lowest BCUT2D eigenvalue weighted by Gasteiger charge is -2.08. The Kier molecular flexibility index (Phi) is 5.48. The van der Waals surface area contributed by atoms with E-state index in [0.29, 0.717) is 18.3 Å². The van der Waals surface area contributed by atoms with E-state index in [2.05, 4.69) is 13.8 Å². The van der Waals surface area contributed by atoms with E-state index in [1.165, 1.54) is 25.1 Å². The number of carbonyl (C=O) groups is 1. The van der Waals surface area contributed by atoms with Gasteiger partial charge >= 0.3 is 0 Å². The zero-order valence-electron chi connectivity index (χ0n) is 11.5. The molecule has 0 fully saturated rings. The van der Waals surface area contributed by atoms with E-state index < -0.39 is 4.92 Å². The number of carbonyl (C=O) groups excluding carboxylic acids is 1. The van der Waals surface area contributed by atoms with Crippen LogP contribution in [-0.2, 0) is 0 Å². The Morgan fingerprint density at radius 1 is 1.42 bits per heavy atom. The molecule has 5 heteroatoms.